The van der Waals surface area contributed by atoms with E-state index in [-0.39, 0.29) is 18.7 Å². The quantitative estimate of drug-likeness (QED) is 0.840. The van der Waals surface area contributed by atoms with Crippen LogP contribution in [0.15, 0.2) is 12.1 Å². The second-order valence-electron chi connectivity index (χ2n) is 3.89. The zero-order valence-electron chi connectivity index (χ0n) is 8.99. The lowest BCUT2D eigenvalue weighted by Crippen LogP contribution is -2.27. The number of nitrogens with zero attached hydrogens (tertiary/aromatic N) is 1. The van der Waals surface area contributed by atoms with Crippen molar-refractivity contribution in [3.05, 3.63) is 29.3 Å². The average molecular weight is 276 g/mol. The molecule has 1 fully saturated rings. The Labute approximate surface area is 106 Å². The van der Waals surface area contributed by atoms with Crippen LogP contribution in [0, 0.1) is 11.6 Å². The van der Waals surface area contributed by atoms with Crippen LogP contribution in [0.1, 0.15) is 16.8 Å². The minimum Gasteiger partial charge on any atom is -0.478 e. The first-order valence-corrected chi connectivity index (χ1v) is 5.50. The summed E-state index contributed by atoms with van der Waals surface area (Å²) >= 11 is 5.77. The molecule has 18 heavy (non-hydrogen) atoms. The summed E-state index contributed by atoms with van der Waals surface area (Å²) in [5, 5.41) is 8.42. The largest absolute Gasteiger partial charge is 0.478 e. The summed E-state index contributed by atoms with van der Waals surface area (Å²) in [6.07, 6.45) is 0.0126. The number of carboxylic acid groups (broad SMARTS) is 1. The van der Waals surface area contributed by atoms with Gasteiger partial charge in [0, 0.05) is 19.0 Å². The van der Waals surface area contributed by atoms with Crippen LogP contribution in [0.25, 0.3) is 0 Å². The van der Waals surface area contributed by atoms with Crippen LogP contribution in [0.4, 0.5) is 14.5 Å². The van der Waals surface area contributed by atoms with Gasteiger partial charge < -0.3 is 10.0 Å². The Kier molecular flexibility index (Phi) is 3.21. The third-order valence-electron chi connectivity index (χ3n) is 2.62. The first-order chi connectivity index (χ1) is 8.40. The van der Waals surface area contributed by atoms with Crippen LogP contribution in [-0.2, 0) is 4.79 Å². The number of carbonyl (C=O) groups is 2. The highest BCUT2D eigenvalue weighted by atomic mass is 35.5. The van der Waals surface area contributed by atoms with E-state index in [1.165, 1.54) is 0 Å². The molecule has 7 heteroatoms. The molecule has 0 aromatic heterocycles. The molecule has 96 valence electrons. The number of anilines is 1. The smallest absolute Gasteiger partial charge is 0.340 e. The van der Waals surface area contributed by atoms with Gasteiger partial charge in [-0.15, -0.1) is 11.6 Å². The van der Waals surface area contributed by atoms with Gasteiger partial charge in [0.1, 0.15) is 17.2 Å². The summed E-state index contributed by atoms with van der Waals surface area (Å²) in [6.45, 7) is 0.0313. The second kappa shape index (κ2) is 4.53. The lowest BCUT2D eigenvalue weighted by Gasteiger charge is -2.18. The molecule has 1 aromatic carbocycles. The molecule has 4 nitrogen and oxygen atoms in total. The number of aromatic carboxylic acids is 1. The van der Waals surface area contributed by atoms with Gasteiger partial charge in [-0.3, -0.25) is 4.79 Å². The van der Waals surface area contributed by atoms with E-state index < -0.39 is 34.5 Å². The Hall–Kier alpha value is -1.69. The highest BCUT2D eigenvalue weighted by Crippen LogP contribution is 2.30. The van der Waals surface area contributed by atoms with Crippen molar-refractivity contribution in [3.63, 3.8) is 0 Å². The number of hydrogen-bond donors (Lipinski definition) is 1. The van der Waals surface area contributed by atoms with E-state index >= 15 is 0 Å². The van der Waals surface area contributed by atoms with Crippen LogP contribution in [0.3, 0.4) is 0 Å². The van der Waals surface area contributed by atoms with Gasteiger partial charge in [-0.1, -0.05) is 0 Å². The van der Waals surface area contributed by atoms with Gasteiger partial charge in [0.25, 0.3) is 0 Å². The fraction of sp³-hybridized carbons (Fsp3) is 0.273. The van der Waals surface area contributed by atoms with Crippen molar-refractivity contribution >= 4 is 29.2 Å². The van der Waals surface area contributed by atoms with Gasteiger partial charge in [-0.25, -0.2) is 13.6 Å². The predicted octanol–water partition coefficient (Wildman–Crippen LogP) is 2.01. The average Bonchev–Trinajstić information content (AvgIpc) is 2.55. The molecule has 1 N–H and O–H groups in total. The zero-order chi connectivity index (χ0) is 13.4. The number of alkyl halides is 1. The van der Waals surface area contributed by atoms with Crippen LogP contribution < -0.4 is 4.90 Å². The van der Waals surface area contributed by atoms with E-state index in [1.54, 1.807) is 0 Å². The summed E-state index contributed by atoms with van der Waals surface area (Å²) in [5.41, 5.74) is -1.02. The molecular formula is C11H8ClF2NO3. The Balaban J connectivity index is 2.56. The van der Waals surface area contributed by atoms with Crippen molar-refractivity contribution in [1.82, 2.24) is 0 Å². The van der Waals surface area contributed by atoms with Gasteiger partial charge in [-0.2, -0.15) is 0 Å². The maximum Gasteiger partial charge on any atom is 0.340 e. The number of hydrogen-bond acceptors (Lipinski definition) is 2. The summed E-state index contributed by atoms with van der Waals surface area (Å²) in [4.78, 5) is 23.5. The normalized spacial score (nSPS) is 19.4. The molecule has 2 rings (SSSR count). The fourth-order valence-electron chi connectivity index (χ4n) is 1.88. The Morgan fingerprint density at radius 3 is 2.61 bits per heavy atom. The highest BCUT2D eigenvalue weighted by molar-refractivity contribution is 6.24. The molecule has 1 aliphatic rings. The van der Waals surface area contributed by atoms with E-state index in [1.807, 2.05) is 0 Å². The van der Waals surface area contributed by atoms with Gasteiger partial charge in [0.15, 0.2) is 0 Å². The van der Waals surface area contributed by atoms with Gasteiger partial charge in [-0.05, 0) is 6.07 Å². The Morgan fingerprint density at radius 1 is 1.44 bits per heavy atom. The predicted molar refractivity (Wildman–Crippen MR) is 59.9 cm³/mol. The molecule has 1 heterocycles. The Morgan fingerprint density at radius 2 is 2.11 bits per heavy atom. The van der Waals surface area contributed by atoms with Crippen molar-refractivity contribution < 1.29 is 23.5 Å². The van der Waals surface area contributed by atoms with Gasteiger partial charge >= 0.3 is 5.97 Å². The third kappa shape index (κ3) is 2.15. The molecule has 0 bridgehead atoms. The molecule has 0 aliphatic carbocycles. The van der Waals surface area contributed by atoms with Gasteiger partial charge in [0.2, 0.25) is 5.91 Å². The van der Waals surface area contributed by atoms with Crippen LogP contribution >= 0.6 is 11.6 Å². The number of rotatable bonds is 2. The lowest BCUT2D eigenvalue weighted by molar-refractivity contribution is -0.117. The van der Waals surface area contributed by atoms with E-state index in [0.717, 1.165) is 11.0 Å². The molecule has 0 radical (unpaired) electrons. The molecule has 1 unspecified atom stereocenters. The molecular weight excluding hydrogens is 268 g/mol. The minimum atomic E-state index is -1.56. The maximum absolute atomic E-state index is 13.4. The number of halogens is 3. The fourth-order valence-corrected chi connectivity index (χ4v) is 2.15. The van der Waals surface area contributed by atoms with Gasteiger partial charge in [0.05, 0.1) is 11.1 Å². The standard InChI is InChI=1S/C11H8ClF2NO3/c12-5-1-9(16)15(4-5)8-3-6(13)2-7(14)10(8)11(17)18/h2-3,5H,1,4H2,(H,17,18). The van der Waals surface area contributed by atoms with Crippen molar-refractivity contribution in [2.24, 2.45) is 0 Å². The number of amides is 1. The van der Waals surface area contributed by atoms with E-state index in [2.05, 4.69) is 0 Å². The molecule has 1 aliphatic heterocycles. The lowest BCUT2D eigenvalue weighted by atomic mass is 10.1. The summed E-state index contributed by atoms with van der Waals surface area (Å²) < 4.78 is 26.6. The zero-order valence-corrected chi connectivity index (χ0v) is 9.75. The maximum atomic E-state index is 13.4. The third-order valence-corrected chi connectivity index (χ3v) is 2.91. The molecule has 1 amide bonds. The summed E-state index contributed by atoms with van der Waals surface area (Å²) in [7, 11) is 0. The molecule has 1 aromatic rings. The van der Waals surface area contributed by atoms with E-state index in [0.29, 0.717) is 6.07 Å². The topological polar surface area (TPSA) is 57.6 Å². The Bertz CT molecular complexity index is 535. The van der Waals surface area contributed by atoms with Crippen LogP contribution in [0.5, 0.6) is 0 Å². The second-order valence-corrected chi connectivity index (χ2v) is 4.51. The van der Waals surface area contributed by atoms with Crippen molar-refractivity contribution in [1.29, 1.82) is 0 Å². The van der Waals surface area contributed by atoms with E-state index in [4.69, 9.17) is 16.7 Å². The van der Waals surface area contributed by atoms with Crippen LogP contribution in [0.2, 0.25) is 0 Å². The SMILES string of the molecule is O=C(O)c1c(F)cc(F)cc1N1CC(Cl)CC1=O. The highest BCUT2D eigenvalue weighted by Gasteiger charge is 2.33. The monoisotopic (exact) mass is 275 g/mol. The van der Waals surface area contributed by atoms with E-state index in [9.17, 15) is 18.4 Å². The van der Waals surface area contributed by atoms with Crippen molar-refractivity contribution in [3.8, 4) is 0 Å². The first-order valence-electron chi connectivity index (χ1n) is 5.07. The first kappa shape index (κ1) is 12.8. The van der Waals surface area contributed by atoms with Crippen molar-refractivity contribution in [2.45, 2.75) is 11.8 Å². The molecule has 0 saturated carbocycles. The summed E-state index contributed by atoms with van der Waals surface area (Å²) in [5.74, 6) is -4.18. The molecule has 0 spiro atoms. The van der Waals surface area contributed by atoms with Crippen LogP contribution in [-0.4, -0.2) is 28.9 Å². The number of carboxylic acids is 1. The molecule has 1 atom stereocenters. The number of benzene rings is 1. The van der Waals surface area contributed by atoms with Crippen molar-refractivity contribution in [2.75, 3.05) is 11.4 Å². The minimum absolute atomic E-state index is 0.0126. The summed E-state index contributed by atoms with van der Waals surface area (Å²) in [6, 6.07) is 1.28. The number of carbonyl (C=O) groups excluding carboxylic acids is 1. The molecule has 1 saturated heterocycles.